The first-order valence-corrected chi connectivity index (χ1v) is 11.7. The van der Waals surface area contributed by atoms with Crippen molar-refractivity contribution in [3.05, 3.63) is 59.2 Å². The molecule has 0 radical (unpaired) electrons. The summed E-state index contributed by atoms with van der Waals surface area (Å²) in [4.78, 5) is 28.6. The second kappa shape index (κ2) is 13.0. The van der Waals surface area contributed by atoms with Crippen molar-refractivity contribution >= 4 is 11.8 Å². The third-order valence-corrected chi connectivity index (χ3v) is 5.71. The Balaban J connectivity index is 1.68. The van der Waals surface area contributed by atoms with Gasteiger partial charge >= 0.3 is 0 Å². The molecule has 0 aliphatic carbocycles. The molecule has 2 aliphatic rings. The number of hydrogen-bond donors (Lipinski definition) is 4. The molecular weight excluding hydrogens is 439 g/mol. The Kier molecular flexibility index (Phi) is 9.78. The zero-order chi connectivity index (χ0) is 24.3. The molecule has 1 aromatic heterocycles. The number of halogens is 1. The molecule has 2 amide bonds. The van der Waals surface area contributed by atoms with E-state index in [2.05, 4.69) is 33.9 Å². The summed E-state index contributed by atoms with van der Waals surface area (Å²) >= 11 is 0. The van der Waals surface area contributed by atoms with E-state index in [0.29, 0.717) is 31.6 Å². The Morgan fingerprint density at radius 2 is 2.03 bits per heavy atom. The highest BCUT2D eigenvalue weighted by Crippen LogP contribution is 2.20. The largest absolute Gasteiger partial charge is 0.491 e. The molecule has 2 aliphatic heterocycles. The van der Waals surface area contributed by atoms with Crippen LogP contribution in [0.25, 0.3) is 0 Å². The highest BCUT2D eigenvalue weighted by molar-refractivity contribution is 5.84. The average molecular weight is 473 g/mol. The number of benzene rings is 1. The molecule has 2 atom stereocenters. The van der Waals surface area contributed by atoms with Gasteiger partial charge in [-0.25, -0.2) is 4.39 Å². The standard InChI is InChI=1S/C25H33FN4O4/c1-2-17-9-19(13-27-12-17)14-28-15-22(31)21-11-18-6-7-23(20(26)10-18)34-8-4-3-5-24(32)29-16-25(33)30-21/h6-7,9-10,12-13,21-22,28,31H,2-5,8,11,14-16H2,1H3,(H,29,32)(H,30,33)/t21-,22+/m0/s1. The van der Waals surface area contributed by atoms with Gasteiger partial charge < -0.3 is 25.8 Å². The van der Waals surface area contributed by atoms with E-state index in [1.165, 1.54) is 6.07 Å². The molecule has 8 nitrogen and oxygen atoms in total. The van der Waals surface area contributed by atoms with E-state index in [9.17, 15) is 19.1 Å². The molecule has 0 spiro atoms. The van der Waals surface area contributed by atoms with Gasteiger partial charge in [0.1, 0.15) is 0 Å². The fourth-order valence-corrected chi connectivity index (χ4v) is 3.76. The molecule has 4 N–H and O–H groups in total. The topological polar surface area (TPSA) is 113 Å². The number of aliphatic hydroxyl groups excluding tert-OH is 1. The third-order valence-electron chi connectivity index (χ3n) is 5.71. The predicted molar refractivity (Wildman–Crippen MR) is 126 cm³/mol. The quantitative estimate of drug-likeness (QED) is 0.509. The van der Waals surface area contributed by atoms with Gasteiger partial charge in [0.05, 0.1) is 25.3 Å². The van der Waals surface area contributed by atoms with Crippen molar-refractivity contribution in [2.24, 2.45) is 0 Å². The molecular formula is C25H33FN4O4. The Morgan fingerprint density at radius 1 is 1.21 bits per heavy atom. The molecule has 2 bridgehead atoms. The monoisotopic (exact) mass is 472 g/mol. The average Bonchev–Trinajstić information content (AvgIpc) is 2.82. The lowest BCUT2D eigenvalue weighted by molar-refractivity contribution is -0.126. The molecule has 2 aromatic rings. The van der Waals surface area contributed by atoms with Crippen LogP contribution in [-0.4, -0.2) is 53.7 Å². The predicted octanol–water partition coefficient (Wildman–Crippen LogP) is 1.64. The fraction of sp³-hybridized carbons (Fsp3) is 0.480. The summed E-state index contributed by atoms with van der Waals surface area (Å²) in [5, 5.41) is 19.4. The van der Waals surface area contributed by atoms with Crippen molar-refractivity contribution in [1.82, 2.24) is 20.9 Å². The van der Waals surface area contributed by atoms with Gasteiger partial charge in [-0.3, -0.25) is 14.6 Å². The maximum Gasteiger partial charge on any atom is 0.239 e. The number of rotatable bonds is 6. The minimum absolute atomic E-state index is 0.144. The van der Waals surface area contributed by atoms with Crippen molar-refractivity contribution in [3.63, 3.8) is 0 Å². The summed E-state index contributed by atoms with van der Waals surface area (Å²) in [5.41, 5.74) is 2.74. The Bertz CT molecular complexity index is 972. The second-order valence-corrected chi connectivity index (χ2v) is 8.48. The van der Waals surface area contributed by atoms with E-state index in [1.807, 2.05) is 6.20 Å². The van der Waals surface area contributed by atoms with Crippen LogP contribution in [0, 0.1) is 5.82 Å². The highest BCUT2D eigenvalue weighted by Gasteiger charge is 2.23. The first kappa shape index (κ1) is 25.6. The van der Waals surface area contributed by atoms with Gasteiger partial charge in [-0.05, 0) is 54.5 Å². The zero-order valence-corrected chi connectivity index (χ0v) is 19.5. The van der Waals surface area contributed by atoms with Gasteiger partial charge in [0.15, 0.2) is 11.6 Å². The lowest BCUT2D eigenvalue weighted by Crippen LogP contribution is -2.51. The minimum Gasteiger partial charge on any atom is -0.491 e. The Hall–Kier alpha value is -3.04. The lowest BCUT2D eigenvalue weighted by atomic mass is 10.0. The van der Waals surface area contributed by atoms with Gasteiger partial charge in [-0.2, -0.15) is 0 Å². The van der Waals surface area contributed by atoms with Gasteiger partial charge in [0, 0.05) is 31.9 Å². The first-order valence-electron chi connectivity index (χ1n) is 11.7. The number of carbonyl (C=O) groups is 2. The van der Waals surface area contributed by atoms with Crippen LogP contribution in [0.3, 0.4) is 0 Å². The molecule has 0 unspecified atom stereocenters. The number of amides is 2. The van der Waals surface area contributed by atoms with Crippen LogP contribution in [0.2, 0.25) is 0 Å². The number of aliphatic hydroxyl groups is 1. The maximum absolute atomic E-state index is 14.5. The molecule has 4 rings (SSSR count). The summed E-state index contributed by atoms with van der Waals surface area (Å²) in [6.45, 7) is 2.89. The summed E-state index contributed by atoms with van der Waals surface area (Å²) in [5.74, 6) is -1.00. The van der Waals surface area contributed by atoms with Crippen molar-refractivity contribution < 1.29 is 23.8 Å². The SMILES string of the molecule is CCc1cncc(CNC[C@@H](O)[C@@H]2Cc3ccc(c(F)c3)OCCCCC(=O)NCC(=O)N2)c1. The van der Waals surface area contributed by atoms with E-state index in [-0.39, 0.29) is 37.6 Å². The number of aromatic nitrogens is 1. The molecule has 184 valence electrons. The van der Waals surface area contributed by atoms with Crippen molar-refractivity contribution in [2.75, 3.05) is 19.7 Å². The molecule has 0 saturated heterocycles. The molecule has 34 heavy (non-hydrogen) atoms. The number of hydrogen-bond acceptors (Lipinski definition) is 6. The van der Waals surface area contributed by atoms with Crippen LogP contribution < -0.4 is 20.7 Å². The van der Waals surface area contributed by atoms with Crippen LogP contribution in [0.4, 0.5) is 4.39 Å². The van der Waals surface area contributed by atoms with Gasteiger partial charge in [-0.15, -0.1) is 0 Å². The normalized spacial score (nSPS) is 18.6. The minimum atomic E-state index is -0.945. The molecule has 9 heteroatoms. The Labute approximate surface area is 199 Å². The van der Waals surface area contributed by atoms with E-state index >= 15 is 0 Å². The summed E-state index contributed by atoms with van der Waals surface area (Å²) in [7, 11) is 0. The number of carbonyl (C=O) groups excluding carboxylic acids is 2. The van der Waals surface area contributed by atoms with E-state index in [1.54, 1.807) is 18.3 Å². The lowest BCUT2D eigenvalue weighted by Gasteiger charge is -2.25. The van der Waals surface area contributed by atoms with Crippen molar-refractivity contribution in [1.29, 1.82) is 0 Å². The second-order valence-electron chi connectivity index (χ2n) is 8.48. The molecule has 1 aromatic carbocycles. The Morgan fingerprint density at radius 3 is 2.82 bits per heavy atom. The highest BCUT2D eigenvalue weighted by atomic mass is 19.1. The van der Waals surface area contributed by atoms with Gasteiger partial charge in [0.25, 0.3) is 0 Å². The van der Waals surface area contributed by atoms with E-state index < -0.39 is 23.9 Å². The van der Waals surface area contributed by atoms with Crippen LogP contribution >= 0.6 is 0 Å². The number of nitrogens with one attached hydrogen (secondary N) is 3. The fourth-order valence-electron chi connectivity index (χ4n) is 3.76. The number of nitrogens with zero attached hydrogens (tertiary/aromatic N) is 1. The number of fused-ring (bicyclic) bond motifs is 13. The van der Waals surface area contributed by atoms with Crippen LogP contribution in [0.15, 0.2) is 36.7 Å². The van der Waals surface area contributed by atoms with Crippen LogP contribution in [0.5, 0.6) is 5.75 Å². The molecule has 0 fully saturated rings. The van der Waals surface area contributed by atoms with Crippen molar-refractivity contribution in [2.45, 2.75) is 57.7 Å². The van der Waals surface area contributed by atoms with E-state index in [0.717, 1.165) is 17.5 Å². The smallest absolute Gasteiger partial charge is 0.239 e. The first-order chi connectivity index (χ1) is 16.4. The van der Waals surface area contributed by atoms with Crippen LogP contribution in [0.1, 0.15) is 42.9 Å². The zero-order valence-electron chi connectivity index (χ0n) is 19.5. The van der Waals surface area contributed by atoms with Gasteiger partial charge in [-0.1, -0.05) is 19.1 Å². The van der Waals surface area contributed by atoms with Gasteiger partial charge in [0.2, 0.25) is 11.8 Å². The number of pyridine rings is 1. The maximum atomic E-state index is 14.5. The summed E-state index contributed by atoms with van der Waals surface area (Å²) in [6, 6.07) is 6.02. The van der Waals surface area contributed by atoms with E-state index in [4.69, 9.17) is 4.74 Å². The number of aryl methyl sites for hydroxylation is 1. The third kappa shape index (κ3) is 8.07. The van der Waals surface area contributed by atoms with Crippen LogP contribution in [-0.2, 0) is 29.0 Å². The summed E-state index contributed by atoms with van der Waals surface area (Å²) in [6.07, 6.45) is 5.16. The van der Waals surface area contributed by atoms with Crippen molar-refractivity contribution in [3.8, 4) is 5.75 Å². The molecule has 0 saturated carbocycles. The molecule has 3 heterocycles. The number of ether oxygens (including phenoxy) is 1. The summed E-state index contributed by atoms with van der Waals surface area (Å²) < 4.78 is 20.0.